The Morgan fingerprint density at radius 3 is 2.59 bits per heavy atom. The van der Waals surface area contributed by atoms with Crippen LogP contribution in [0.25, 0.3) is 11.3 Å². The van der Waals surface area contributed by atoms with Crippen molar-refractivity contribution in [2.24, 2.45) is 11.8 Å². The van der Waals surface area contributed by atoms with Crippen LogP contribution in [-0.4, -0.2) is 19.6 Å². The van der Waals surface area contributed by atoms with Gasteiger partial charge in [-0.25, -0.2) is 4.98 Å². The summed E-state index contributed by atoms with van der Waals surface area (Å²) in [5.41, 5.74) is 3.52. The molecule has 4 nitrogen and oxygen atoms in total. The van der Waals surface area contributed by atoms with E-state index in [0.717, 1.165) is 29.1 Å². The zero-order valence-corrected chi connectivity index (χ0v) is 15.3. The van der Waals surface area contributed by atoms with Gasteiger partial charge in [0, 0.05) is 29.8 Å². The first-order valence-electron chi connectivity index (χ1n) is 9.27. The van der Waals surface area contributed by atoms with Gasteiger partial charge in [-0.1, -0.05) is 67.6 Å². The second-order valence-corrected chi connectivity index (χ2v) is 7.01. The van der Waals surface area contributed by atoms with Crippen molar-refractivity contribution in [3.8, 4) is 11.3 Å². The van der Waals surface area contributed by atoms with Crippen LogP contribution in [0.5, 0.6) is 0 Å². The van der Waals surface area contributed by atoms with E-state index in [4.69, 9.17) is 0 Å². The fraction of sp³-hybridized carbons (Fsp3) is 0.217. The molecule has 0 aliphatic heterocycles. The molecule has 1 aliphatic rings. The maximum Gasteiger partial charge on any atom is 0.122 e. The first kappa shape index (κ1) is 17.4. The molecule has 3 unspecified atom stereocenters. The van der Waals surface area contributed by atoms with Gasteiger partial charge in [0.25, 0.3) is 0 Å². The lowest BCUT2D eigenvalue weighted by Gasteiger charge is -2.23. The van der Waals surface area contributed by atoms with Crippen LogP contribution in [0.15, 0.2) is 85.5 Å². The van der Waals surface area contributed by atoms with Crippen LogP contribution in [0.1, 0.15) is 24.3 Å². The number of hydrogen-bond donors (Lipinski definition) is 1. The van der Waals surface area contributed by atoms with Gasteiger partial charge < -0.3 is 9.67 Å². The zero-order chi connectivity index (χ0) is 18.6. The molecule has 1 aliphatic carbocycles. The predicted octanol–water partition coefficient (Wildman–Crippen LogP) is 4.41. The van der Waals surface area contributed by atoms with Gasteiger partial charge in [0.1, 0.15) is 6.10 Å². The smallest absolute Gasteiger partial charge is 0.122 e. The highest BCUT2D eigenvalue weighted by Gasteiger charge is 2.20. The minimum Gasteiger partial charge on any atom is -0.382 e. The molecule has 0 radical (unpaired) electrons. The third-order valence-electron chi connectivity index (χ3n) is 5.16. The van der Waals surface area contributed by atoms with E-state index < -0.39 is 6.10 Å². The monoisotopic (exact) mass is 357 g/mol. The quantitative estimate of drug-likeness (QED) is 0.736. The lowest BCUT2D eigenvalue weighted by molar-refractivity contribution is 0.207. The molecular weight excluding hydrogens is 334 g/mol. The van der Waals surface area contributed by atoms with E-state index in [1.807, 2.05) is 47.0 Å². The average molecular weight is 357 g/mol. The first-order valence-corrected chi connectivity index (χ1v) is 9.27. The van der Waals surface area contributed by atoms with Gasteiger partial charge >= 0.3 is 0 Å². The third-order valence-corrected chi connectivity index (χ3v) is 5.16. The van der Waals surface area contributed by atoms with Crippen molar-refractivity contribution in [2.45, 2.75) is 19.6 Å². The standard InChI is InChI=1S/C23H23N3O/c1-17-7-5-6-10-20(17)15-26-16-24-14-22(26)23(27)19-11-12-21(25-13-19)18-8-3-2-4-9-18/h2-14,16-17,20,23,27H,15H2,1H3. The second kappa shape index (κ2) is 7.72. The highest BCUT2D eigenvalue weighted by molar-refractivity contribution is 5.58. The van der Waals surface area contributed by atoms with Gasteiger partial charge in [-0.15, -0.1) is 0 Å². The Labute approximate surface area is 159 Å². The summed E-state index contributed by atoms with van der Waals surface area (Å²) < 4.78 is 2.04. The summed E-state index contributed by atoms with van der Waals surface area (Å²) in [6.45, 7) is 3.01. The molecule has 0 amide bonds. The van der Waals surface area contributed by atoms with E-state index in [1.54, 1.807) is 18.7 Å². The number of rotatable bonds is 5. The molecule has 0 spiro atoms. The minimum absolute atomic E-state index is 0.397. The number of pyridine rings is 1. The van der Waals surface area contributed by atoms with E-state index in [9.17, 15) is 5.11 Å². The molecule has 4 rings (SSSR count). The van der Waals surface area contributed by atoms with Gasteiger partial charge in [-0.3, -0.25) is 4.98 Å². The van der Waals surface area contributed by atoms with E-state index in [1.165, 1.54) is 0 Å². The van der Waals surface area contributed by atoms with Crippen LogP contribution in [0.2, 0.25) is 0 Å². The van der Waals surface area contributed by atoms with Crippen LogP contribution in [0.4, 0.5) is 0 Å². The van der Waals surface area contributed by atoms with Crippen LogP contribution >= 0.6 is 0 Å². The highest BCUT2D eigenvalue weighted by atomic mass is 16.3. The molecule has 0 fully saturated rings. The molecule has 2 aromatic heterocycles. The molecule has 0 bridgehead atoms. The lowest BCUT2D eigenvalue weighted by Crippen LogP contribution is -2.19. The molecule has 4 heteroatoms. The van der Waals surface area contributed by atoms with Crippen molar-refractivity contribution in [1.29, 1.82) is 0 Å². The Morgan fingerprint density at radius 1 is 1.04 bits per heavy atom. The number of imidazole rings is 1. The van der Waals surface area contributed by atoms with Gasteiger partial charge in [0.05, 0.1) is 23.9 Å². The van der Waals surface area contributed by atoms with Gasteiger partial charge in [-0.05, 0) is 12.0 Å². The zero-order valence-electron chi connectivity index (χ0n) is 15.3. The summed E-state index contributed by atoms with van der Waals surface area (Å²) in [5, 5.41) is 10.9. The number of aliphatic hydroxyl groups excluding tert-OH is 1. The first-order chi connectivity index (χ1) is 13.2. The number of aliphatic hydroxyl groups is 1. The maximum atomic E-state index is 10.9. The topological polar surface area (TPSA) is 50.9 Å². The predicted molar refractivity (Wildman–Crippen MR) is 107 cm³/mol. The van der Waals surface area contributed by atoms with Crippen molar-refractivity contribution in [2.75, 3.05) is 0 Å². The number of aromatic nitrogens is 3. The van der Waals surface area contributed by atoms with Crippen molar-refractivity contribution >= 4 is 0 Å². The van der Waals surface area contributed by atoms with Crippen LogP contribution in [-0.2, 0) is 6.54 Å². The van der Waals surface area contributed by atoms with Crippen molar-refractivity contribution in [3.63, 3.8) is 0 Å². The highest BCUT2D eigenvalue weighted by Crippen LogP contribution is 2.26. The molecule has 1 N–H and O–H groups in total. The molecule has 27 heavy (non-hydrogen) atoms. The maximum absolute atomic E-state index is 10.9. The fourth-order valence-electron chi connectivity index (χ4n) is 3.45. The SMILES string of the molecule is CC1C=CC=CC1Cn1cncc1C(O)c1ccc(-c2ccccc2)nc1. The van der Waals surface area contributed by atoms with E-state index in [0.29, 0.717) is 11.8 Å². The normalized spacial score (nSPS) is 19.9. The molecule has 3 aromatic rings. The number of hydrogen-bond acceptors (Lipinski definition) is 3. The van der Waals surface area contributed by atoms with E-state index in [2.05, 4.69) is 41.2 Å². The molecular formula is C23H23N3O. The number of benzene rings is 1. The Bertz CT molecular complexity index is 941. The molecule has 0 saturated carbocycles. The largest absolute Gasteiger partial charge is 0.382 e. The van der Waals surface area contributed by atoms with Crippen LogP contribution < -0.4 is 0 Å². The summed E-state index contributed by atoms with van der Waals surface area (Å²) in [5.74, 6) is 0.864. The van der Waals surface area contributed by atoms with Crippen LogP contribution in [0.3, 0.4) is 0 Å². The van der Waals surface area contributed by atoms with Crippen molar-refractivity contribution < 1.29 is 5.11 Å². The molecule has 136 valence electrons. The summed E-state index contributed by atoms with van der Waals surface area (Å²) in [4.78, 5) is 8.79. The third kappa shape index (κ3) is 3.76. The summed E-state index contributed by atoms with van der Waals surface area (Å²) in [6, 6.07) is 13.9. The Hall–Kier alpha value is -2.98. The fourth-order valence-corrected chi connectivity index (χ4v) is 3.45. The van der Waals surface area contributed by atoms with Crippen molar-refractivity contribution in [3.05, 3.63) is 96.7 Å². The Balaban J connectivity index is 1.53. The van der Waals surface area contributed by atoms with Crippen LogP contribution in [0, 0.1) is 11.8 Å². The molecule has 0 saturated heterocycles. The van der Waals surface area contributed by atoms with Gasteiger partial charge in [0.2, 0.25) is 0 Å². The molecule has 3 atom stereocenters. The lowest BCUT2D eigenvalue weighted by atomic mass is 9.90. The number of nitrogens with zero attached hydrogens (tertiary/aromatic N) is 3. The summed E-state index contributed by atoms with van der Waals surface area (Å²) in [7, 11) is 0. The minimum atomic E-state index is -0.747. The number of allylic oxidation sites excluding steroid dienone is 4. The van der Waals surface area contributed by atoms with E-state index >= 15 is 0 Å². The van der Waals surface area contributed by atoms with E-state index in [-0.39, 0.29) is 0 Å². The summed E-state index contributed by atoms with van der Waals surface area (Å²) >= 11 is 0. The van der Waals surface area contributed by atoms with Crippen molar-refractivity contribution in [1.82, 2.24) is 14.5 Å². The summed E-state index contributed by atoms with van der Waals surface area (Å²) in [6.07, 6.45) is 13.1. The Morgan fingerprint density at radius 2 is 1.85 bits per heavy atom. The average Bonchev–Trinajstić information content (AvgIpc) is 3.18. The molecule has 1 aromatic carbocycles. The van der Waals surface area contributed by atoms with Gasteiger partial charge in [0.15, 0.2) is 0 Å². The Kier molecular flexibility index (Phi) is 4.99. The molecule has 2 heterocycles. The van der Waals surface area contributed by atoms with Gasteiger partial charge in [-0.2, -0.15) is 0 Å². The second-order valence-electron chi connectivity index (χ2n) is 7.01.